The lowest BCUT2D eigenvalue weighted by atomic mass is 10.1. The van der Waals surface area contributed by atoms with Gasteiger partial charge in [-0.15, -0.1) is 24.0 Å². The molecule has 1 aliphatic heterocycles. The number of hydrogen-bond donors (Lipinski definition) is 2. The highest BCUT2D eigenvalue weighted by Crippen LogP contribution is 2.18. The Morgan fingerprint density at radius 2 is 2.10 bits per heavy atom. The molecular formula is C20H30FIN6O. The highest BCUT2D eigenvalue weighted by molar-refractivity contribution is 14.0. The van der Waals surface area contributed by atoms with E-state index in [-0.39, 0.29) is 41.9 Å². The van der Waals surface area contributed by atoms with Crippen LogP contribution in [0.25, 0.3) is 0 Å². The smallest absolute Gasteiger partial charge is 0.191 e. The Labute approximate surface area is 188 Å². The fraction of sp³-hybridized carbons (Fsp3) is 0.550. The van der Waals surface area contributed by atoms with Crippen LogP contribution < -0.4 is 10.6 Å². The first-order chi connectivity index (χ1) is 13.6. The monoisotopic (exact) mass is 516 g/mol. The van der Waals surface area contributed by atoms with Crippen molar-refractivity contribution in [3.8, 4) is 0 Å². The Morgan fingerprint density at radius 1 is 1.34 bits per heavy atom. The number of guanidine groups is 1. The van der Waals surface area contributed by atoms with E-state index in [0.29, 0.717) is 6.54 Å². The number of aromatic nitrogens is 3. The minimum atomic E-state index is -0.256. The Balaban J connectivity index is 0.00000300. The second kappa shape index (κ2) is 11.4. The summed E-state index contributed by atoms with van der Waals surface area (Å²) in [5, 5.41) is 11.3. The van der Waals surface area contributed by atoms with E-state index in [2.05, 4.69) is 32.6 Å². The number of hydrogen-bond acceptors (Lipinski definition) is 4. The SMILES string of the molecule is CCNC(=NCC(OC)c1ccc(F)cc1)NC1CCc2nc(CC)nn2C1.I. The first kappa shape index (κ1) is 23.5. The summed E-state index contributed by atoms with van der Waals surface area (Å²) >= 11 is 0. The van der Waals surface area contributed by atoms with Gasteiger partial charge in [0.1, 0.15) is 17.7 Å². The van der Waals surface area contributed by atoms with Gasteiger partial charge in [-0.3, -0.25) is 4.99 Å². The molecule has 7 nitrogen and oxygen atoms in total. The van der Waals surface area contributed by atoms with E-state index in [1.165, 1.54) is 12.1 Å². The maximum absolute atomic E-state index is 13.2. The van der Waals surface area contributed by atoms with E-state index in [0.717, 1.165) is 55.5 Å². The summed E-state index contributed by atoms with van der Waals surface area (Å²) in [7, 11) is 1.64. The zero-order valence-corrected chi connectivity index (χ0v) is 19.5. The van der Waals surface area contributed by atoms with Gasteiger partial charge in [-0.25, -0.2) is 14.1 Å². The van der Waals surface area contributed by atoms with E-state index in [4.69, 9.17) is 4.74 Å². The average Bonchev–Trinajstić information content (AvgIpc) is 3.12. The van der Waals surface area contributed by atoms with Crippen LogP contribution in [0.2, 0.25) is 0 Å². The van der Waals surface area contributed by atoms with E-state index in [9.17, 15) is 4.39 Å². The lowest BCUT2D eigenvalue weighted by Gasteiger charge is -2.25. The maximum atomic E-state index is 13.2. The molecule has 3 rings (SSSR count). The summed E-state index contributed by atoms with van der Waals surface area (Å²) in [5.41, 5.74) is 0.903. The van der Waals surface area contributed by atoms with E-state index in [1.807, 2.05) is 11.6 Å². The number of aryl methyl sites for hydroxylation is 2. The minimum absolute atomic E-state index is 0. The Bertz CT molecular complexity index is 795. The molecule has 9 heteroatoms. The zero-order chi connectivity index (χ0) is 19.9. The summed E-state index contributed by atoms with van der Waals surface area (Å²) in [5.74, 6) is 2.45. The molecule has 0 fully saturated rings. The molecule has 1 aromatic carbocycles. The van der Waals surface area contributed by atoms with Crippen molar-refractivity contribution in [2.75, 3.05) is 20.2 Å². The molecule has 29 heavy (non-hydrogen) atoms. The number of nitrogens with one attached hydrogen (secondary N) is 2. The number of rotatable bonds is 7. The van der Waals surface area contributed by atoms with Gasteiger partial charge in [-0.1, -0.05) is 19.1 Å². The van der Waals surface area contributed by atoms with Crippen molar-refractivity contribution in [1.29, 1.82) is 0 Å². The molecule has 1 aliphatic rings. The number of nitrogens with zero attached hydrogens (tertiary/aromatic N) is 4. The fourth-order valence-electron chi connectivity index (χ4n) is 3.31. The van der Waals surface area contributed by atoms with Crippen LogP contribution in [0.5, 0.6) is 0 Å². The van der Waals surface area contributed by atoms with Crippen molar-refractivity contribution in [2.24, 2.45) is 4.99 Å². The lowest BCUT2D eigenvalue weighted by Crippen LogP contribution is -2.47. The molecule has 160 valence electrons. The van der Waals surface area contributed by atoms with Gasteiger partial charge in [-0.2, -0.15) is 5.10 Å². The highest BCUT2D eigenvalue weighted by Gasteiger charge is 2.22. The molecule has 0 bridgehead atoms. The topological polar surface area (TPSA) is 76.4 Å². The standard InChI is InChI=1S/C20H29FN6O.HI/c1-4-18-25-19-11-10-16(13-27(19)26-18)24-20(22-5-2)23-12-17(28-3)14-6-8-15(21)9-7-14;/h6-9,16-17H,4-5,10-13H2,1-3H3,(H2,22,23,24);1H. The number of ether oxygens (including phenoxy) is 1. The molecule has 0 spiro atoms. The maximum Gasteiger partial charge on any atom is 0.191 e. The molecule has 2 aromatic rings. The lowest BCUT2D eigenvalue weighted by molar-refractivity contribution is 0.111. The molecule has 0 amide bonds. The van der Waals surface area contributed by atoms with Crippen molar-refractivity contribution in [2.45, 2.75) is 51.8 Å². The molecule has 0 aliphatic carbocycles. The van der Waals surface area contributed by atoms with Gasteiger partial charge in [0, 0.05) is 32.5 Å². The molecule has 2 unspecified atom stereocenters. The van der Waals surface area contributed by atoms with Crippen LogP contribution in [0.15, 0.2) is 29.3 Å². The van der Waals surface area contributed by atoms with Gasteiger partial charge in [0.2, 0.25) is 0 Å². The molecule has 2 atom stereocenters. The highest BCUT2D eigenvalue weighted by atomic mass is 127. The summed E-state index contributed by atoms with van der Waals surface area (Å²) in [4.78, 5) is 9.25. The van der Waals surface area contributed by atoms with E-state index < -0.39 is 0 Å². The third-order valence-electron chi connectivity index (χ3n) is 4.84. The van der Waals surface area contributed by atoms with Crippen molar-refractivity contribution in [3.63, 3.8) is 0 Å². The first-order valence-corrected chi connectivity index (χ1v) is 9.88. The number of methoxy groups -OCH3 is 1. The third kappa shape index (κ3) is 6.36. The predicted octanol–water partition coefficient (Wildman–Crippen LogP) is 2.86. The number of aliphatic imine (C=N–C) groups is 1. The molecule has 1 aromatic heterocycles. The van der Waals surface area contributed by atoms with Crippen LogP contribution in [0, 0.1) is 5.82 Å². The molecular weight excluding hydrogens is 486 g/mol. The quantitative estimate of drug-likeness (QED) is 0.337. The summed E-state index contributed by atoms with van der Waals surface area (Å²) in [6.07, 6.45) is 2.51. The fourth-order valence-corrected chi connectivity index (χ4v) is 3.31. The number of halogens is 2. The Kier molecular flexibility index (Phi) is 9.28. The van der Waals surface area contributed by atoms with Crippen LogP contribution in [-0.4, -0.2) is 47.0 Å². The van der Waals surface area contributed by atoms with Gasteiger partial charge < -0.3 is 15.4 Å². The van der Waals surface area contributed by atoms with Crippen LogP contribution in [0.1, 0.15) is 43.6 Å². The van der Waals surface area contributed by atoms with Crippen molar-refractivity contribution in [3.05, 3.63) is 47.3 Å². The van der Waals surface area contributed by atoms with Crippen LogP contribution >= 0.6 is 24.0 Å². The molecule has 2 N–H and O–H groups in total. The second-order valence-electron chi connectivity index (χ2n) is 6.86. The normalized spacial score (nSPS) is 17.2. The Hall–Kier alpha value is -1.75. The second-order valence-corrected chi connectivity index (χ2v) is 6.86. The Morgan fingerprint density at radius 3 is 2.76 bits per heavy atom. The zero-order valence-electron chi connectivity index (χ0n) is 17.2. The largest absolute Gasteiger partial charge is 0.375 e. The first-order valence-electron chi connectivity index (χ1n) is 9.88. The molecule has 0 saturated heterocycles. The van der Waals surface area contributed by atoms with Crippen LogP contribution in [0.4, 0.5) is 4.39 Å². The van der Waals surface area contributed by atoms with Crippen LogP contribution in [0.3, 0.4) is 0 Å². The summed E-state index contributed by atoms with van der Waals surface area (Å²) < 4.78 is 20.7. The minimum Gasteiger partial charge on any atom is -0.375 e. The van der Waals surface area contributed by atoms with Gasteiger partial charge in [0.25, 0.3) is 0 Å². The third-order valence-corrected chi connectivity index (χ3v) is 4.84. The van der Waals surface area contributed by atoms with Gasteiger partial charge in [-0.05, 0) is 31.0 Å². The van der Waals surface area contributed by atoms with Crippen molar-refractivity contribution >= 4 is 29.9 Å². The van der Waals surface area contributed by atoms with Gasteiger partial charge >= 0.3 is 0 Å². The summed E-state index contributed by atoms with van der Waals surface area (Å²) in [6, 6.07) is 6.59. The van der Waals surface area contributed by atoms with Crippen LogP contribution in [-0.2, 0) is 24.1 Å². The molecule has 2 heterocycles. The van der Waals surface area contributed by atoms with Gasteiger partial charge in [0.15, 0.2) is 11.8 Å². The molecule has 0 saturated carbocycles. The number of benzene rings is 1. The average molecular weight is 516 g/mol. The number of fused-ring (bicyclic) bond motifs is 1. The molecule has 0 radical (unpaired) electrons. The predicted molar refractivity (Wildman–Crippen MR) is 122 cm³/mol. The van der Waals surface area contributed by atoms with Gasteiger partial charge in [0.05, 0.1) is 13.1 Å². The van der Waals surface area contributed by atoms with E-state index >= 15 is 0 Å². The van der Waals surface area contributed by atoms with Crippen molar-refractivity contribution < 1.29 is 9.13 Å². The summed E-state index contributed by atoms with van der Waals surface area (Å²) in [6.45, 7) is 6.09. The van der Waals surface area contributed by atoms with Crippen molar-refractivity contribution in [1.82, 2.24) is 25.4 Å². The van der Waals surface area contributed by atoms with E-state index in [1.54, 1.807) is 19.2 Å².